The molecule has 0 unspecified atom stereocenters. The highest BCUT2D eigenvalue weighted by molar-refractivity contribution is 7.90. The fraction of sp³-hybridized carbons (Fsp3) is 0.370. The van der Waals surface area contributed by atoms with Gasteiger partial charge in [-0.05, 0) is 54.0 Å². The van der Waals surface area contributed by atoms with Crippen molar-refractivity contribution in [2.45, 2.75) is 44.6 Å². The van der Waals surface area contributed by atoms with Gasteiger partial charge in [0.25, 0.3) is 0 Å². The number of sulfone groups is 1. The van der Waals surface area contributed by atoms with Gasteiger partial charge >= 0.3 is 0 Å². The first-order valence-electron chi connectivity index (χ1n) is 12.4. The van der Waals surface area contributed by atoms with Gasteiger partial charge in [-0.2, -0.15) is 5.10 Å². The molecule has 0 aliphatic heterocycles. The number of hydrogen-bond acceptors (Lipinski definition) is 7. The Kier molecular flexibility index (Phi) is 5.50. The van der Waals surface area contributed by atoms with Crippen molar-refractivity contribution in [2.24, 2.45) is 5.41 Å². The van der Waals surface area contributed by atoms with E-state index in [1.807, 2.05) is 6.07 Å². The Morgan fingerprint density at radius 1 is 1.13 bits per heavy atom. The van der Waals surface area contributed by atoms with Crippen LogP contribution in [0.25, 0.3) is 22.8 Å². The van der Waals surface area contributed by atoms with Crippen LogP contribution >= 0.6 is 0 Å². The lowest BCUT2D eigenvalue weighted by atomic mass is 9.66. The molecule has 0 radical (unpaired) electrons. The van der Waals surface area contributed by atoms with E-state index in [1.54, 1.807) is 29.4 Å². The maximum Gasteiger partial charge on any atom is 0.178 e. The van der Waals surface area contributed by atoms with Crippen molar-refractivity contribution in [2.75, 3.05) is 12.0 Å². The number of rotatable bonds is 6. The highest BCUT2D eigenvalue weighted by atomic mass is 32.2. The van der Waals surface area contributed by atoms with Crippen molar-refractivity contribution in [3.63, 3.8) is 0 Å². The van der Waals surface area contributed by atoms with Crippen molar-refractivity contribution in [3.05, 3.63) is 77.6 Å². The zero-order valence-corrected chi connectivity index (χ0v) is 22.0. The first kappa shape index (κ1) is 24.7. The fourth-order valence-electron chi connectivity index (χ4n) is 6.43. The van der Waals surface area contributed by atoms with Gasteiger partial charge in [-0.1, -0.05) is 19.9 Å². The SMILES string of the molecule is CC1(C)[C@H]2CC[C@@]1(c1ccnc(-c3cncn3CCS(C)(=O)=O)n1)c1nnc(-c3c(F)cccc3F)cc12. The quantitative estimate of drug-likeness (QED) is 0.361. The minimum absolute atomic E-state index is 0.0252. The molecule has 1 saturated carbocycles. The van der Waals surface area contributed by atoms with Crippen LogP contribution < -0.4 is 0 Å². The Labute approximate surface area is 219 Å². The topological polar surface area (TPSA) is 104 Å². The molecule has 3 aromatic heterocycles. The Balaban J connectivity index is 1.45. The van der Waals surface area contributed by atoms with Gasteiger partial charge in [0.1, 0.15) is 27.2 Å². The standard InChI is InChI=1S/C27H26F2N6O2S/c1-26(2)17-7-9-27(26,24-16(17)13-20(33-34-24)23-18(28)5-4-6-19(23)29)22-8-10-31-25(32-22)21-14-30-15-35(21)11-12-38(3,36)37/h4-6,8,10,13-15,17H,7,9,11-12H2,1-3H3/t17-,27+/m0/s1. The van der Waals surface area contributed by atoms with Gasteiger partial charge in [0.15, 0.2) is 5.82 Å². The van der Waals surface area contributed by atoms with Gasteiger partial charge in [-0.15, -0.1) is 5.10 Å². The van der Waals surface area contributed by atoms with Crippen molar-refractivity contribution < 1.29 is 17.2 Å². The minimum atomic E-state index is -3.16. The van der Waals surface area contributed by atoms with Crippen LogP contribution in [0.5, 0.6) is 0 Å². The van der Waals surface area contributed by atoms with E-state index >= 15 is 0 Å². The third kappa shape index (κ3) is 3.58. The molecule has 0 N–H and O–H groups in total. The molecular weight excluding hydrogens is 510 g/mol. The summed E-state index contributed by atoms with van der Waals surface area (Å²) in [5.41, 5.74) is 2.25. The molecule has 4 aromatic rings. The van der Waals surface area contributed by atoms with E-state index in [9.17, 15) is 17.2 Å². The van der Waals surface area contributed by atoms with E-state index < -0.39 is 26.9 Å². The number of nitrogens with zero attached hydrogens (tertiary/aromatic N) is 6. The first-order valence-corrected chi connectivity index (χ1v) is 14.4. The molecule has 11 heteroatoms. The summed E-state index contributed by atoms with van der Waals surface area (Å²) in [5.74, 6) is -0.828. The van der Waals surface area contributed by atoms with E-state index in [0.29, 0.717) is 11.5 Å². The van der Waals surface area contributed by atoms with E-state index in [0.717, 1.165) is 29.8 Å². The lowest BCUT2D eigenvalue weighted by Gasteiger charge is -2.37. The molecule has 0 spiro atoms. The summed E-state index contributed by atoms with van der Waals surface area (Å²) in [6.07, 6.45) is 7.75. The van der Waals surface area contributed by atoms with Gasteiger partial charge in [0.2, 0.25) is 0 Å². The zero-order chi connectivity index (χ0) is 26.9. The maximum atomic E-state index is 14.5. The normalized spacial score (nSPS) is 21.6. The highest BCUT2D eigenvalue weighted by Gasteiger charge is 2.65. The second-order valence-electron chi connectivity index (χ2n) is 10.7. The number of aryl methyl sites for hydroxylation is 1. The molecule has 1 fully saturated rings. The number of hydrogen-bond donors (Lipinski definition) is 0. The summed E-state index contributed by atoms with van der Waals surface area (Å²) in [5, 5.41) is 8.87. The smallest absolute Gasteiger partial charge is 0.178 e. The maximum absolute atomic E-state index is 14.5. The summed E-state index contributed by atoms with van der Waals surface area (Å²) in [6.45, 7) is 4.59. The van der Waals surface area contributed by atoms with E-state index in [-0.39, 0.29) is 34.9 Å². The van der Waals surface area contributed by atoms with Crippen molar-refractivity contribution in [1.29, 1.82) is 0 Å². The molecule has 6 rings (SSSR count). The third-order valence-corrected chi connectivity index (χ3v) is 9.26. The predicted octanol–water partition coefficient (Wildman–Crippen LogP) is 4.32. The van der Waals surface area contributed by atoms with Crippen LogP contribution in [0.15, 0.2) is 49.1 Å². The molecule has 196 valence electrons. The summed E-state index contributed by atoms with van der Waals surface area (Å²) >= 11 is 0. The molecular formula is C27H26F2N6O2S. The number of fused-ring (bicyclic) bond motifs is 5. The second-order valence-corrected chi connectivity index (χ2v) is 13.0. The van der Waals surface area contributed by atoms with Crippen molar-refractivity contribution >= 4 is 9.84 Å². The summed E-state index contributed by atoms with van der Waals surface area (Å²) in [4.78, 5) is 13.6. The van der Waals surface area contributed by atoms with Crippen LogP contribution in [-0.4, -0.2) is 50.1 Å². The Bertz CT molecular complexity index is 1670. The molecule has 0 amide bonds. The van der Waals surface area contributed by atoms with Gasteiger partial charge in [-0.3, -0.25) is 0 Å². The Hall–Kier alpha value is -3.60. The number of benzene rings is 1. The third-order valence-electron chi connectivity index (χ3n) is 8.34. The van der Waals surface area contributed by atoms with Crippen LogP contribution in [0.1, 0.15) is 49.6 Å². The molecule has 3 heterocycles. The van der Waals surface area contributed by atoms with Crippen LogP contribution in [-0.2, 0) is 21.8 Å². The summed E-state index contributed by atoms with van der Waals surface area (Å²) in [7, 11) is -3.16. The zero-order valence-electron chi connectivity index (χ0n) is 21.2. The average molecular weight is 537 g/mol. The molecule has 2 aliphatic rings. The molecule has 2 bridgehead atoms. The Morgan fingerprint density at radius 2 is 1.89 bits per heavy atom. The largest absolute Gasteiger partial charge is 0.327 e. The molecule has 8 nitrogen and oxygen atoms in total. The second kappa shape index (κ2) is 8.45. The number of halogens is 2. The summed E-state index contributed by atoms with van der Waals surface area (Å²) < 4.78 is 54.2. The summed E-state index contributed by atoms with van der Waals surface area (Å²) in [6, 6.07) is 7.42. The van der Waals surface area contributed by atoms with Crippen LogP contribution in [0, 0.1) is 17.0 Å². The molecule has 0 saturated heterocycles. The lowest BCUT2D eigenvalue weighted by molar-refractivity contribution is 0.243. The van der Waals surface area contributed by atoms with Gasteiger partial charge in [-0.25, -0.2) is 32.2 Å². The minimum Gasteiger partial charge on any atom is -0.327 e. The van der Waals surface area contributed by atoms with Crippen molar-refractivity contribution in [3.8, 4) is 22.8 Å². The first-order chi connectivity index (χ1) is 18.0. The Morgan fingerprint density at radius 3 is 2.63 bits per heavy atom. The van der Waals surface area contributed by atoms with Crippen LogP contribution in [0.3, 0.4) is 0 Å². The highest BCUT2D eigenvalue weighted by Crippen LogP contribution is 2.69. The van der Waals surface area contributed by atoms with E-state index in [2.05, 4.69) is 34.0 Å². The van der Waals surface area contributed by atoms with Crippen LogP contribution in [0.2, 0.25) is 0 Å². The van der Waals surface area contributed by atoms with E-state index in [1.165, 1.54) is 24.5 Å². The molecule has 2 aliphatic carbocycles. The fourth-order valence-corrected chi connectivity index (χ4v) is 6.95. The van der Waals surface area contributed by atoms with E-state index in [4.69, 9.17) is 4.98 Å². The monoisotopic (exact) mass is 536 g/mol. The average Bonchev–Trinajstić information content (AvgIpc) is 3.50. The number of aromatic nitrogens is 6. The van der Waals surface area contributed by atoms with Gasteiger partial charge in [0.05, 0.1) is 46.3 Å². The van der Waals surface area contributed by atoms with Gasteiger partial charge < -0.3 is 4.57 Å². The molecule has 2 atom stereocenters. The molecule has 38 heavy (non-hydrogen) atoms. The van der Waals surface area contributed by atoms with Gasteiger partial charge in [0, 0.05) is 19.0 Å². The molecule has 1 aromatic carbocycles. The number of imidazole rings is 1. The lowest BCUT2D eigenvalue weighted by Crippen LogP contribution is -2.38. The van der Waals surface area contributed by atoms with Crippen LogP contribution in [0.4, 0.5) is 8.78 Å². The van der Waals surface area contributed by atoms with Crippen molar-refractivity contribution in [1.82, 2.24) is 29.7 Å². The predicted molar refractivity (Wildman–Crippen MR) is 137 cm³/mol.